The van der Waals surface area contributed by atoms with Crippen molar-refractivity contribution in [2.24, 2.45) is 0 Å². The molecule has 106 valence electrons. The van der Waals surface area contributed by atoms with E-state index in [2.05, 4.69) is 5.10 Å². The molecule has 1 aromatic heterocycles. The lowest BCUT2D eigenvalue weighted by atomic mass is 10.1. The molecule has 0 bridgehead atoms. The first kappa shape index (κ1) is 14.2. The Morgan fingerprint density at radius 2 is 2.15 bits per heavy atom. The topological polar surface area (TPSA) is 70.4 Å². The van der Waals surface area contributed by atoms with E-state index in [0.717, 1.165) is 10.9 Å². The Balaban J connectivity index is 2.19. The van der Waals surface area contributed by atoms with Crippen LogP contribution in [0.4, 0.5) is 0 Å². The van der Waals surface area contributed by atoms with Crippen LogP contribution >= 0.6 is 0 Å². The second-order valence-electron chi connectivity index (χ2n) is 4.24. The average molecular weight is 276 g/mol. The highest BCUT2D eigenvalue weighted by molar-refractivity contribution is 6.07. The smallest absolute Gasteiger partial charge is 0.313 e. The van der Waals surface area contributed by atoms with E-state index in [1.165, 1.54) is 0 Å². The van der Waals surface area contributed by atoms with Gasteiger partial charge in [0.15, 0.2) is 5.78 Å². The third-order valence-electron chi connectivity index (χ3n) is 2.83. The summed E-state index contributed by atoms with van der Waals surface area (Å²) in [6.45, 7) is 2.33. The van der Waals surface area contributed by atoms with E-state index >= 15 is 0 Å². The third-order valence-corrected chi connectivity index (χ3v) is 2.83. The minimum atomic E-state index is -0.507. The minimum Gasteiger partial charge on any atom is -0.466 e. The van der Waals surface area contributed by atoms with Gasteiger partial charge >= 0.3 is 5.97 Å². The fourth-order valence-electron chi connectivity index (χ4n) is 1.93. The lowest BCUT2D eigenvalue weighted by Crippen LogP contribution is -2.11. The van der Waals surface area contributed by atoms with Gasteiger partial charge in [-0.15, -0.1) is 0 Å². The van der Waals surface area contributed by atoms with Crippen LogP contribution < -0.4 is 0 Å². The molecule has 1 heterocycles. The number of benzene rings is 1. The summed E-state index contributed by atoms with van der Waals surface area (Å²) < 4.78 is 11.5. The maximum absolute atomic E-state index is 12.0. The highest BCUT2D eigenvalue weighted by Gasteiger charge is 2.14. The molecule has 0 aliphatic rings. The molecule has 0 saturated heterocycles. The number of Topliss-reactive ketones (excluding diaryl/α,β-unsaturated/α-hetero) is 1. The standard InChI is InChI=1S/C14H16N2O4/c1-3-20-14(18)7-13(17)10-4-5-12-11(6-10)8-15-16(12)9-19-2/h4-6,8H,3,7,9H2,1-2H3. The summed E-state index contributed by atoms with van der Waals surface area (Å²) in [5.41, 5.74) is 1.35. The van der Waals surface area contributed by atoms with Gasteiger partial charge in [0.05, 0.1) is 18.3 Å². The van der Waals surface area contributed by atoms with Crippen LogP contribution in [0.2, 0.25) is 0 Å². The van der Waals surface area contributed by atoms with Gasteiger partial charge in [0.1, 0.15) is 13.2 Å². The molecule has 2 rings (SSSR count). The zero-order valence-corrected chi connectivity index (χ0v) is 11.5. The zero-order valence-electron chi connectivity index (χ0n) is 11.5. The van der Waals surface area contributed by atoms with E-state index < -0.39 is 5.97 Å². The Kier molecular flexibility index (Phi) is 4.47. The first-order chi connectivity index (χ1) is 9.65. The molecule has 0 fully saturated rings. The monoisotopic (exact) mass is 276 g/mol. The van der Waals surface area contributed by atoms with Gasteiger partial charge in [-0.1, -0.05) is 0 Å². The van der Waals surface area contributed by atoms with Crippen LogP contribution in [-0.2, 0) is 21.0 Å². The highest BCUT2D eigenvalue weighted by Crippen LogP contribution is 2.17. The molecule has 0 amide bonds. The van der Waals surface area contributed by atoms with Crippen LogP contribution in [0.5, 0.6) is 0 Å². The van der Waals surface area contributed by atoms with Crippen LogP contribution in [0.3, 0.4) is 0 Å². The molecule has 0 saturated carbocycles. The lowest BCUT2D eigenvalue weighted by molar-refractivity contribution is -0.141. The molecule has 0 aliphatic carbocycles. The summed E-state index contributed by atoms with van der Waals surface area (Å²) in [5.74, 6) is -0.766. The fraction of sp³-hybridized carbons (Fsp3) is 0.357. The number of esters is 1. The van der Waals surface area contributed by atoms with Crippen molar-refractivity contribution >= 4 is 22.7 Å². The Morgan fingerprint density at radius 1 is 1.35 bits per heavy atom. The Morgan fingerprint density at radius 3 is 2.85 bits per heavy atom. The number of carbonyl (C=O) groups excluding carboxylic acids is 2. The molecular weight excluding hydrogens is 260 g/mol. The Bertz CT molecular complexity index is 633. The number of fused-ring (bicyclic) bond motifs is 1. The van der Waals surface area contributed by atoms with E-state index in [1.54, 1.807) is 43.1 Å². The minimum absolute atomic E-state index is 0.244. The first-order valence-electron chi connectivity index (χ1n) is 6.29. The highest BCUT2D eigenvalue weighted by atomic mass is 16.5. The Labute approximate surface area is 116 Å². The van der Waals surface area contributed by atoms with Crippen molar-refractivity contribution in [3.05, 3.63) is 30.0 Å². The summed E-state index contributed by atoms with van der Waals surface area (Å²) in [5, 5.41) is 4.99. The first-order valence-corrected chi connectivity index (χ1v) is 6.29. The zero-order chi connectivity index (χ0) is 14.5. The third kappa shape index (κ3) is 3.03. The SMILES string of the molecule is CCOC(=O)CC(=O)c1ccc2c(cnn2COC)c1. The predicted octanol–water partition coefficient (Wildman–Crippen LogP) is 1.78. The molecule has 6 nitrogen and oxygen atoms in total. The lowest BCUT2D eigenvalue weighted by Gasteiger charge is -2.03. The maximum atomic E-state index is 12.0. The van der Waals surface area contributed by atoms with Gasteiger partial charge < -0.3 is 9.47 Å². The van der Waals surface area contributed by atoms with E-state index in [9.17, 15) is 9.59 Å². The summed E-state index contributed by atoms with van der Waals surface area (Å²) in [6.07, 6.45) is 1.42. The molecule has 0 N–H and O–H groups in total. The normalized spacial score (nSPS) is 10.7. The molecule has 0 unspecified atom stereocenters. The van der Waals surface area contributed by atoms with E-state index in [-0.39, 0.29) is 18.8 Å². The van der Waals surface area contributed by atoms with E-state index in [0.29, 0.717) is 12.3 Å². The number of ether oxygens (including phenoxy) is 2. The number of methoxy groups -OCH3 is 1. The van der Waals surface area contributed by atoms with Crippen molar-refractivity contribution in [2.75, 3.05) is 13.7 Å². The molecular formula is C14H16N2O4. The summed E-state index contributed by atoms with van der Waals surface area (Å²) in [7, 11) is 1.59. The molecule has 0 spiro atoms. The van der Waals surface area contributed by atoms with Crippen LogP contribution in [-0.4, -0.2) is 35.2 Å². The van der Waals surface area contributed by atoms with Gasteiger partial charge in [-0.3, -0.25) is 9.59 Å². The van der Waals surface area contributed by atoms with Crippen LogP contribution in [0.25, 0.3) is 10.9 Å². The van der Waals surface area contributed by atoms with Crippen molar-refractivity contribution < 1.29 is 19.1 Å². The van der Waals surface area contributed by atoms with E-state index in [1.807, 2.05) is 0 Å². The molecule has 0 aliphatic heterocycles. The van der Waals surface area contributed by atoms with Gasteiger partial charge in [-0.25, -0.2) is 4.68 Å². The predicted molar refractivity (Wildman–Crippen MR) is 72.3 cm³/mol. The van der Waals surface area contributed by atoms with E-state index in [4.69, 9.17) is 9.47 Å². The number of rotatable bonds is 6. The molecule has 1 aromatic carbocycles. The van der Waals surface area contributed by atoms with Gasteiger partial charge in [0, 0.05) is 18.1 Å². The summed E-state index contributed by atoms with van der Waals surface area (Å²) in [6, 6.07) is 5.19. The molecule has 6 heteroatoms. The van der Waals surface area contributed by atoms with Crippen LogP contribution in [0, 0.1) is 0 Å². The molecule has 0 radical (unpaired) electrons. The second kappa shape index (κ2) is 6.29. The van der Waals surface area contributed by atoms with Crippen molar-refractivity contribution in [2.45, 2.75) is 20.1 Å². The fourth-order valence-corrected chi connectivity index (χ4v) is 1.93. The van der Waals surface area contributed by atoms with Gasteiger partial charge in [0.25, 0.3) is 0 Å². The molecule has 20 heavy (non-hydrogen) atoms. The maximum Gasteiger partial charge on any atom is 0.313 e. The number of hydrogen-bond donors (Lipinski definition) is 0. The number of aromatic nitrogens is 2. The Hall–Kier alpha value is -2.21. The van der Waals surface area contributed by atoms with Crippen molar-refractivity contribution in [1.82, 2.24) is 9.78 Å². The summed E-state index contributed by atoms with van der Waals surface area (Å²) >= 11 is 0. The van der Waals surface area contributed by atoms with Crippen LogP contribution in [0.15, 0.2) is 24.4 Å². The van der Waals surface area contributed by atoms with Crippen molar-refractivity contribution in [3.63, 3.8) is 0 Å². The van der Waals surface area contributed by atoms with Gasteiger partial charge in [-0.05, 0) is 25.1 Å². The molecule has 2 aromatic rings. The molecule has 0 atom stereocenters. The summed E-state index contributed by atoms with van der Waals surface area (Å²) in [4.78, 5) is 23.3. The largest absolute Gasteiger partial charge is 0.466 e. The average Bonchev–Trinajstić information content (AvgIpc) is 2.82. The quantitative estimate of drug-likeness (QED) is 0.457. The van der Waals surface area contributed by atoms with Crippen molar-refractivity contribution in [1.29, 1.82) is 0 Å². The number of carbonyl (C=O) groups is 2. The second-order valence-corrected chi connectivity index (χ2v) is 4.24. The number of nitrogens with zero attached hydrogens (tertiary/aromatic N) is 2. The van der Waals surface area contributed by atoms with Gasteiger partial charge in [-0.2, -0.15) is 5.10 Å². The van der Waals surface area contributed by atoms with Gasteiger partial charge in [0.2, 0.25) is 0 Å². The van der Waals surface area contributed by atoms with Crippen LogP contribution in [0.1, 0.15) is 23.7 Å². The number of hydrogen-bond acceptors (Lipinski definition) is 5. The number of ketones is 1. The van der Waals surface area contributed by atoms with Crippen molar-refractivity contribution in [3.8, 4) is 0 Å².